The van der Waals surface area contributed by atoms with E-state index in [9.17, 15) is 22.0 Å². The van der Waals surface area contributed by atoms with Crippen molar-refractivity contribution < 1.29 is 26.7 Å². The molecule has 0 amide bonds. The Morgan fingerprint density at radius 3 is 2.13 bits per heavy atom. The minimum atomic E-state index is -5.11. The van der Waals surface area contributed by atoms with Crippen LogP contribution in [0.1, 0.15) is 0 Å². The van der Waals surface area contributed by atoms with Crippen molar-refractivity contribution in [2.45, 2.75) is 6.36 Å². The van der Waals surface area contributed by atoms with E-state index < -0.39 is 23.7 Å². The molecule has 0 atom stereocenters. The van der Waals surface area contributed by atoms with Crippen LogP contribution >= 0.6 is 45.2 Å². The molecular formula is C7HF5I2O. The average molecular weight is 450 g/mol. The Labute approximate surface area is 108 Å². The van der Waals surface area contributed by atoms with Gasteiger partial charge < -0.3 is 4.74 Å². The van der Waals surface area contributed by atoms with Gasteiger partial charge in [0.1, 0.15) is 0 Å². The summed E-state index contributed by atoms with van der Waals surface area (Å²) < 4.78 is 64.7. The Kier molecular flexibility index (Phi) is 4.01. The number of benzene rings is 1. The second-order valence-corrected chi connectivity index (χ2v) is 4.59. The maximum Gasteiger partial charge on any atom is 0.573 e. The summed E-state index contributed by atoms with van der Waals surface area (Å²) in [7, 11) is 0. The maximum atomic E-state index is 13.2. The van der Waals surface area contributed by atoms with Crippen molar-refractivity contribution in [3.05, 3.63) is 24.8 Å². The number of hydrogen-bond acceptors (Lipinski definition) is 1. The van der Waals surface area contributed by atoms with Crippen molar-refractivity contribution in [2.75, 3.05) is 0 Å². The van der Waals surface area contributed by atoms with Gasteiger partial charge in [0.2, 0.25) is 5.75 Å². The first kappa shape index (κ1) is 13.2. The van der Waals surface area contributed by atoms with Gasteiger partial charge in [0.25, 0.3) is 0 Å². The largest absolute Gasteiger partial charge is 0.573 e. The van der Waals surface area contributed by atoms with E-state index in [2.05, 4.69) is 4.74 Å². The molecule has 0 aliphatic rings. The minimum absolute atomic E-state index is 0.117. The van der Waals surface area contributed by atoms with Crippen LogP contribution in [0, 0.1) is 18.8 Å². The van der Waals surface area contributed by atoms with Crippen LogP contribution in [0.5, 0.6) is 5.75 Å². The molecule has 0 N–H and O–H groups in total. The fourth-order valence-corrected chi connectivity index (χ4v) is 1.67. The molecule has 15 heavy (non-hydrogen) atoms. The predicted molar refractivity (Wildman–Crippen MR) is 58.5 cm³/mol. The van der Waals surface area contributed by atoms with Crippen LogP contribution in [-0.4, -0.2) is 6.36 Å². The number of ether oxygens (including phenoxy) is 1. The van der Waals surface area contributed by atoms with Gasteiger partial charge in [-0.25, -0.2) is 8.78 Å². The van der Waals surface area contributed by atoms with E-state index in [-0.39, 0.29) is 7.14 Å². The summed E-state index contributed by atoms with van der Waals surface area (Å²) in [4.78, 5) is 0. The van der Waals surface area contributed by atoms with Crippen LogP contribution in [0.4, 0.5) is 22.0 Å². The van der Waals surface area contributed by atoms with Crippen LogP contribution < -0.4 is 4.74 Å². The van der Waals surface area contributed by atoms with Crippen molar-refractivity contribution in [1.82, 2.24) is 0 Å². The summed E-state index contributed by atoms with van der Waals surface area (Å²) in [5.74, 6) is -4.15. The number of halogens is 7. The van der Waals surface area contributed by atoms with Crippen LogP contribution in [-0.2, 0) is 0 Å². The molecule has 1 aromatic carbocycles. The van der Waals surface area contributed by atoms with Gasteiger partial charge in [-0.15, -0.1) is 13.2 Å². The van der Waals surface area contributed by atoms with Gasteiger partial charge in [-0.3, -0.25) is 0 Å². The molecule has 0 unspecified atom stereocenters. The zero-order valence-corrected chi connectivity index (χ0v) is 10.9. The second kappa shape index (κ2) is 4.55. The zero-order valence-electron chi connectivity index (χ0n) is 6.63. The molecule has 0 aliphatic carbocycles. The van der Waals surface area contributed by atoms with Crippen LogP contribution in [0.15, 0.2) is 6.07 Å². The standard InChI is InChI=1S/C7HF5I2O/c8-2-1-3(13)5(14)4(9)6(2)15-7(10,11)12/h1H. The van der Waals surface area contributed by atoms with Crippen molar-refractivity contribution in [3.8, 4) is 5.75 Å². The molecule has 1 nitrogen and oxygen atoms in total. The first-order chi connectivity index (χ1) is 6.72. The van der Waals surface area contributed by atoms with E-state index in [0.717, 1.165) is 6.07 Å². The molecule has 0 bridgehead atoms. The number of hydrogen-bond donors (Lipinski definition) is 0. The third-order valence-corrected chi connectivity index (χ3v) is 4.23. The van der Waals surface area contributed by atoms with Crippen molar-refractivity contribution in [2.24, 2.45) is 0 Å². The lowest BCUT2D eigenvalue weighted by molar-refractivity contribution is -0.276. The van der Waals surface area contributed by atoms with E-state index in [1.165, 1.54) is 22.6 Å². The Morgan fingerprint density at radius 2 is 1.67 bits per heavy atom. The van der Waals surface area contributed by atoms with Gasteiger partial charge in [-0.05, 0) is 51.2 Å². The van der Waals surface area contributed by atoms with E-state index in [4.69, 9.17) is 0 Å². The third kappa shape index (κ3) is 3.29. The Hall–Kier alpha value is 0.130. The molecule has 1 rings (SSSR count). The van der Waals surface area contributed by atoms with Crippen LogP contribution in [0.3, 0.4) is 0 Å². The van der Waals surface area contributed by atoms with Crippen LogP contribution in [0.25, 0.3) is 0 Å². The van der Waals surface area contributed by atoms with Gasteiger partial charge in [0, 0.05) is 3.57 Å². The van der Waals surface area contributed by atoms with Gasteiger partial charge in [-0.1, -0.05) is 0 Å². The van der Waals surface area contributed by atoms with Crippen LogP contribution in [0.2, 0.25) is 0 Å². The number of rotatable bonds is 1. The monoisotopic (exact) mass is 450 g/mol. The highest BCUT2D eigenvalue weighted by molar-refractivity contribution is 14.1. The van der Waals surface area contributed by atoms with Crippen molar-refractivity contribution >= 4 is 45.2 Å². The second-order valence-electron chi connectivity index (χ2n) is 2.35. The Balaban J connectivity index is 3.24. The molecule has 0 aromatic heterocycles. The lowest BCUT2D eigenvalue weighted by atomic mass is 10.3. The molecule has 0 saturated heterocycles. The quantitative estimate of drug-likeness (QED) is 0.272. The fourth-order valence-electron chi connectivity index (χ4n) is 0.759. The van der Waals surface area contributed by atoms with Crippen molar-refractivity contribution in [3.63, 3.8) is 0 Å². The SMILES string of the molecule is Fc1cc(I)c(I)c(F)c1OC(F)(F)F. The highest BCUT2D eigenvalue weighted by atomic mass is 127. The molecular weight excluding hydrogens is 449 g/mol. The first-order valence-electron chi connectivity index (χ1n) is 3.31. The van der Waals surface area contributed by atoms with E-state index in [0.29, 0.717) is 0 Å². The summed E-state index contributed by atoms with van der Waals surface area (Å²) in [5, 5.41) is 0. The molecule has 84 valence electrons. The van der Waals surface area contributed by atoms with E-state index in [1.807, 2.05) is 0 Å². The normalized spacial score (nSPS) is 11.7. The molecule has 0 saturated carbocycles. The van der Waals surface area contributed by atoms with Gasteiger partial charge >= 0.3 is 6.36 Å². The summed E-state index contributed by atoms with van der Waals surface area (Å²) >= 11 is 3.07. The molecule has 0 radical (unpaired) electrons. The highest BCUT2D eigenvalue weighted by Crippen LogP contribution is 2.33. The number of alkyl halides is 3. The summed E-state index contributed by atoms with van der Waals surface area (Å²) in [5.41, 5.74) is 0. The first-order valence-corrected chi connectivity index (χ1v) is 5.47. The maximum absolute atomic E-state index is 13.2. The van der Waals surface area contributed by atoms with E-state index in [1.54, 1.807) is 22.6 Å². The smallest absolute Gasteiger partial charge is 0.399 e. The predicted octanol–water partition coefficient (Wildman–Crippen LogP) is 4.07. The average Bonchev–Trinajstić information content (AvgIpc) is 2.07. The fraction of sp³-hybridized carbons (Fsp3) is 0.143. The molecule has 0 heterocycles. The molecule has 8 heteroatoms. The molecule has 0 spiro atoms. The van der Waals surface area contributed by atoms with Gasteiger partial charge in [0.15, 0.2) is 11.6 Å². The summed E-state index contributed by atoms with van der Waals surface area (Å²) in [6.45, 7) is 0. The topological polar surface area (TPSA) is 9.23 Å². The summed E-state index contributed by atoms with van der Waals surface area (Å²) in [6.07, 6.45) is -5.11. The Bertz CT molecular complexity index is 390. The Morgan fingerprint density at radius 1 is 1.13 bits per heavy atom. The lowest BCUT2D eigenvalue weighted by Crippen LogP contribution is -2.19. The highest BCUT2D eigenvalue weighted by Gasteiger charge is 2.34. The zero-order chi connectivity index (χ0) is 11.8. The van der Waals surface area contributed by atoms with Gasteiger partial charge in [-0.2, -0.15) is 0 Å². The molecule has 1 aromatic rings. The lowest BCUT2D eigenvalue weighted by Gasteiger charge is -2.11. The van der Waals surface area contributed by atoms with E-state index >= 15 is 0 Å². The minimum Gasteiger partial charge on any atom is -0.399 e. The van der Waals surface area contributed by atoms with Gasteiger partial charge in [0.05, 0.1) is 3.57 Å². The van der Waals surface area contributed by atoms with Crippen molar-refractivity contribution in [1.29, 1.82) is 0 Å². The third-order valence-electron chi connectivity index (χ3n) is 1.29. The molecule has 0 aliphatic heterocycles. The molecule has 0 fully saturated rings. The summed E-state index contributed by atoms with van der Waals surface area (Å²) in [6, 6.07) is 0.770.